The maximum Gasteiger partial charge on any atom is 0.412 e. The summed E-state index contributed by atoms with van der Waals surface area (Å²) in [6.07, 6.45) is 2.73. The van der Waals surface area contributed by atoms with Gasteiger partial charge in [0.05, 0.1) is 49.1 Å². The van der Waals surface area contributed by atoms with Crippen molar-refractivity contribution in [1.82, 2.24) is 4.98 Å². The van der Waals surface area contributed by atoms with Crippen LogP contribution in [0.3, 0.4) is 0 Å². The fourth-order valence-electron chi connectivity index (χ4n) is 7.34. The van der Waals surface area contributed by atoms with Gasteiger partial charge in [-0.25, -0.2) is 4.79 Å². The van der Waals surface area contributed by atoms with E-state index in [0.29, 0.717) is 34.7 Å². The number of esters is 1. The Morgan fingerprint density at radius 2 is 1.96 bits per heavy atom. The van der Waals surface area contributed by atoms with E-state index >= 15 is 0 Å². The predicted octanol–water partition coefficient (Wildman–Crippen LogP) is 5.75. The molecule has 6 rings (SSSR count). The number of allylic oxidation sites excluding steroid dienone is 3. The van der Waals surface area contributed by atoms with Crippen molar-refractivity contribution < 1.29 is 43.2 Å². The summed E-state index contributed by atoms with van der Waals surface area (Å²) in [7, 11) is 4.57. The lowest BCUT2D eigenvalue weighted by Crippen LogP contribution is -2.53. The van der Waals surface area contributed by atoms with E-state index in [4.69, 9.17) is 41.0 Å². The normalized spacial score (nSPS) is 30.8. The van der Waals surface area contributed by atoms with Crippen LogP contribution in [-0.2, 0) is 35.0 Å². The van der Waals surface area contributed by atoms with E-state index in [1.165, 1.54) is 25.3 Å². The number of carbonyl (C=O) groups excluding carboxylic acids is 3. The number of halogens is 1. The smallest absolute Gasteiger partial charge is 0.412 e. The van der Waals surface area contributed by atoms with Crippen molar-refractivity contribution in [3.8, 4) is 5.75 Å². The molecule has 0 unspecified atom stereocenters. The number of carbonyl (C=O) groups is 3. The van der Waals surface area contributed by atoms with Crippen LogP contribution in [-0.4, -0.2) is 84.9 Å². The average molecular weight is 749 g/mol. The quantitative estimate of drug-likeness (QED) is 0.168. The van der Waals surface area contributed by atoms with E-state index in [-0.39, 0.29) is 24.3 Å². The number of hydrogen-bond donors (Lipinski definition) is 3. The van der Waals surface area contributed by atoms with Crippen LogP contribution in [0.1, 0.15) is 45.6 Å². The highest BCUT2D eigenvalue weighted by molar-refractivity contribution is 6.35. The lowest BCUT2D eigenvalue weighted by molar-refractivity contribution is -0.187. The first-order valence-electron chi connectivity index (χ1n) is 17.4. The molecule has 3 aliphatic rings. The highest BCUT2D eigenvalue weighted by Crippen LogP contribution is 2.50. The Morgan fingerprint density at radius 3 is 2.70 bits per heavy atom. The van der Waals surface area contributed by atoms with Gasteiger partial charge in [-0.05, 0) is 56.2 Å². The van der Waals surface area contributed by atoms with Crippen molar-refractivity contribution in [2.24, 2.45) is 5.92 Å². The van der Waals surface area contributed by atoms with Gasteiger partial charge in [0.2, 0.25) is 5.91 Å². The molecule has 4 bridgehead atoms. The monoisotopic (exact) mass is 748 g/mol. The fraction of sp³-hybridized carbons (Fsp3) is 0.436. The number of fused-ring (bicyclic) bond motifs is 6. The largest absolute Gasteiger partial charge is 0.495 e. The molecule has 2 amide bonds. The van der Waals surface area contributed by atoms with Gasteiger partial charge in [0.1, 0.15) is 40.3 Å². The Bertz CT molecular complexity index is 1990. The highest BCUT2D eigenvalue weighted by Gasteiger charge is 2.64. The third-order valence-corrected chi connectivity index (χ3v) is 10.8. The third kappa shape index (κ3) is 7.98. The van der Waals surface area contributed by atoms with Crippen LogP contribution in [0.25, 0.3) is 10.9 Å². The molecule has 14 heteroatoms. The van der Waals surface area contributed by atoms with Crippen LogP contribution < -0.4 is 20.7 Å². The second-order valence-corrected chi connectivity index (χ2v) is 14.7. The van der Waals surface area contributed by atoms with Crippen LogP contribution in [0.5, 0.6) is 5.75 Å². The number of rotatable bonds is 4. The van der Waals surface area contributed by atoms with E-state index in [0.717, 1.165) is 16.5 Å². The Morgan fingerprint density at radius 1 is 1.19 bits per heavy atom. The first-order valence-corrected chi connectivity index (χ1v) is 17.7. The zero-order chi connectivity index (χ0) is 38.2. The average Bonchev–Trinajstić information content (AvgIpc) is 3.81. The van der Waals surface area contributed by atoms with Crippen LogP contribution in [0.15, 0.2) is 66.4 Å². The number of nitrogens with zero attached hydrogens (tertiary/aromatic N) is 2. The number of nitrogens with one attached hydrogen (secondary N) is 1. The molecule has 0 saturated carbocycles. The summed E-state index contributed by atoms with van der Waals surface area (Å²) in [4.78, 5) is 46.4. The second kappa shape index (κ2) is 15.0. The minimum absolute atomic E-state index is 0.0693. The van der Waals surface area contributed by atoms with Gasteiger partial charge in [0.25, 0.3) is 0 Å². The van der Waals surface area contributed by atoms with Crippen LogP contribution >= 0.6 is 11.6 Å². The number of nitrogens with two attached hydrogens (primary N) is 1. The number of aromatic nitrogens is 1. The molecule has 2 fully saturated rings. The van der Waals surface area contributed by atoms with Gasteiger partial charge < -0.3 is 39.4 Å². The van der Waals surface area contributed by atoms with Gasteiger partial charge in [-0.3, -0.25) is 19.9 Å². The molecule has 0 radical (unpaired) electrons. The highest BCUT2D eigenvalue weighted by atomic mass is 35.5. The summed E-state index contributed by atoms with van der Waals surface area (Å²) >= 11 is 6.76. The molecular weight excluding hydrogens is 704 g/mol. The molecule has 53 heavy (non-hydrogen) atoms. The number of hydrogen-bond acceptors (Lipinski definition) is 11. The summed E-state index contributed by atoms with van der Waals surface area (Å²) < 4.78 is 29.3. The Balaban J connectivity index is 1.36. The maximum absolute atomic E-state index is 14.1. The summed E-state index contributed by atoms with van der Waals surface area (Å²) in [5.41, 5.74) is 6.91. The molecule has 1 aromatic heterocycles. The molecule has 2 aromatic carbocycles. The first-order chi connectivity index (χ1) is 25.1. The zero-order valence-electron chi connectivity index (χ0n) is 30.6. The van der Waals surface area contributed by atoms with Gasteiger partial charge >= 0.3 is 12.1 Å². The van der Waals surface area contributed by atoms with Gasteiger partial charge in [-0.2, -0.15) is 0 Å². The number of amides is 2. The van der Waals surface area contributed by atoms with Crippen molar-refractivity contribution in [1.29, 1.82) is 0 Å². The van der Waals surface area contributed by atoms with Crippen molar-refractivity contribution >= 4 is 57.5 Å². The lowest BCUT2D eigenvalue weighted by Gasteiger charge is -2.41. The summed E-state index contributed by atoms with van der Waals surface area (Å²) in [6.45, 7) is 5.52. The molecule has 7 atom stereocenters. The SMILES string of the molecule is COc1cc2cc(c1Cl)N(C)C(=O)C[C@H](OC(=O)Nc1cnc3cc(N)ccc3c1)[C@]1(C)O[C@H]1[C@H](C)[C@@H]1C[C@@](O)(CC(=O)O1)[C@H](OC)/C=C/C=C(\C)C2. The molecule has 13 nitrogen and oxygen atoms in total. The first kappa shape index (κ1) is 38.0. The van der Waals surface area contributed by atoms with E-state index in [2.05, 4.69) is 10.3 Å². The van der Waals surface area contributed by atoms with Gasteiger partial charge in [-0.1, -0.05) is 48.4 Å². The number of anilines is 3. The number of aliphatic hydroxyl groups is 1. The molecule has 0 aliphatic carbocycles. The molecular formula is C39H45ClN4O9. The fourth-order valence-corrected chi connectivity index (χ4v) is 7.66. The van der Waals surface area contributed by atoms with Crippen LogP contribution in [0.4, 0.5) is 21.9 Å². The minimum Gasteiger partial charge on any atom is -0.495 e. The molecule has 4 N–H and O–H groups in total. The number of benzene rings is 2. The van der Waals surface area contributed by atoms with Crippen molar-refractivity contribution in [3.05, 3.63) is 77.0 Å². The summed E-state index contributed by atoms with van der Waals surface area (Å²) in [5.74, 6) is -1.08. The topological polar surface area (TPSA) is 175 Å². The predicted molar refractivity (Wildman–Crippen MR) is 200 cm³/mol. The van der Waals surface area contributed by atoms with E-state index in [9.17, 15) is 19.5 Å². The Labute approximate surface area is 313 Å². The number of nitrogen functional groups attached to an aromatic ring is 1. The standard InChI is InChI=1S/C39H45ClN4O9/c1-21-8-7-9-31(50-6)39(48)18-30(51-34(46)19-39)22(2)36-38(3,53-36)32(17-33(45)44(4)28-13-23(12-21)14-29(49-5)35(28)40)52-37(47)43-26-15-24-10-11-25(41)16-27(24)42-20-26/h7-11,13-16,20,22,30-32,36,48H,12,17-19,41H2,1-6H3,(H,43,47)/b9-7+,21-8+/t22-,30+,31-,32+,36+,38+,39-/m1/s1. The van der Waals surface area contributed by atoms with Crippen molar-refractivity contribution in [3.63, 3.8) is 0 Å². The van der Waals surface area contributed by atoms with Crippen molar-refractivity contribution in [2.75, 3.05) is 37.2 Å². The molecule has 0 spiro atoms. The Hall–Kier alpha value is -4.69. The Kier molecular flexibility index (Phi) is 10.8. The molecule has 3 aliphatic heterocycles. The molecule has 4 heterocycles. The number of pyridine rings is 1. The van der Waals surface area contributed by atoms with Gasteiger partial charge in [0, 0.05) is 37.6 Å². The van der Waals surface area contributed by atoms with Crippen LogP contribution in [0, 0.1) is 5.92 Å². The zero-order valence-corrected chi connectivity index (χ0v) is 31.3. The molecule has 2 saturated heterocycles. The van der Waals surface area contributed by atoms with Gasteiger partial charge in [0.15, 0.2) is 0 Å². The lowest BCUT2D eigenvalue weighted by atomic mass is 9.78. The second-order valence-electron chi connectivity index (χ2n) is 14.3. The summed E-state index contributed by atoms with van der Waals surface area (Å²) in [6, 6.07) is 10.6. The van der Waals surface area contributed by atoms with Crippen molar-refractivity contribution in [2.45, 2.75) is 82.1 Å². The number of methoxy groups -OCH3 is 2. The number of epoxide rings is 1. The minimum atomic E-state index is -1.57. The van der Waals surface area contributed by atoms with E-state index in [1.54, 1.807) is 56.5 Å². The number of ether oxygens (including phenoxy) is 5. The molecule has 3 aromatic rings. The maximum atomic E-state index is 14.1. The van der Waals surface area contributed by atoms with Gasteiger partial charge in [-0.15, -0.1) is 0 Å². The van der Waals surface area contributed by atoms with E-state index < -0.39 is 59.5 Å². The summed E-state index contributed by atoms with van der Waals surface area (Å²) in [5, 5.41) is 15.5. The van der Waals surface area contributed by atoms with E-state index in [1.807, 2.05) is 26.0 Å². The third-order valence-electron chi connectivity index (χ3n) is 10.4. The molecule has 282 valence electrons. The van der Waals surface area contributed by atoms with Crippen LogP contribution in [0.2, 0.25) is 5.02 Å².